The molecule has 1 N–H and O–H groups in total. The monoisotopic (exact) mass is 454 g/mol. The van der Waals surface area contributed by atoms with Gasteiger partial charge in [0.25, 0.3) is 5.56 Å². The summed E-state index contributed by atoms with van der Waals surface area (Å²) in [6.45, 7) is 3.03. The second-order valence-corrected chi connectivity index (χ2v) is 8.58. The quantitative estimate of drug-likeness (QED) is 0.413. The molecule has 9 heteroatoms. The van der Waals surface area contributed by atoms with Gasteiger partial charge >= 0.3 is 0 Å². The number of benzene rings is 1. The molecule has 3 aromatic rings. The minimum Gasteiger partial charge on any atom is -0.496 e. The zero-order valence-electron chi connectivity index (χ0n) is 18.1. The second kappa shape index (κ2) is 10.1. The maximum atomic E-state index is 13.1. The average Bonchev–Trinajstić information content (AvgIpc) is 3.33. The first-order valence-electron chi connectivity index (χ1n) is 10.6. The molecule has 0 radical (unpaired) electrons. The Bertz CT molecular complexity index is 1160. The Labute approximate surface area is 190 Å². The van der Waals surface area contributed by atoms with E-state index in [1.54, 1.807) is 30.0 Å². The number of carbonyl (C=O) groups is 1. The third-order valence-electron chi connectivity index (χ3n) is 5.42. The van der Waals surface area contributed by atoms with Gasteiger partial charge in [-0.1, -0.05) is 30.0 Å². The van der Waals surface area contributed by atoms with Crippen molar-refractivity contribution in [3.05, 3.63) is 58.5 Å². The number of rotatable bonds is 8. The summed E-state index contributed by atoms with van der Waals surface area (Å²) in [7, 11) is 1.61. The van der Waals surface area contributed by atoms with E-state index in [1.807, 2.05) is 31.2 Å². The number of fused-ring (bicyclic) bond motifs is 1. The summed E-state index contributed by atoms with van der Waals surface area (Å²) in [5, 5.41) is 3.92. The molecule has 1 saturated heterocycles. The van der Waals surface area contributed by atoms with E-state index in [1.165, 1.54) is 11.8 Å². The zero-order chi connectivity index (χ0) is 22.5. The Morgan fingerprint density at radius 1 is 1.34 bits per heavy atom. The number of nitrogens with one attached hydrogen (secondary N) is 1. The normalized spacial score (nSPS) is 16.8. The number of carbonyl (C=O) groups excluding carboxylic acids is 1. The van der Waals surface area contributed by atoms with Crippen molar-refractivity contribution in [3.63, 3.8) is 0 Å². The van der Waals surface area contributed by atoms with Crippen LogP contribution in [0.25, 0.3) is 11.0 Å². The van der Waals surface area contributed by atoms with Crippen molar-refractivity contribution in [1.29, 1.82) is 0 Å². The Morgan fingerprint density at radius 2 is 2.19 bits per heavy atom. The van der Waals surface area contributed by atoms with Crippen LogP contribution in [0.15, 0.2) is 52.5 Å². The first-order chi connectivity index (χ1) is 15.6. The molecule has 1 aliphatic rings. The molecule has 2 unspecified atom stereocenters. The molecular weight excluding hydrogens is 428 g/mol. The number of aromatic nitrogens is 3. The number of pyridine rings is 1. The van der Waals surface area contributed by atoms with Crippen LogP contribution < -0.4 is 15.6 Å². The average molecular weight is 455 g/mol. The van der Waals surface area contributed by atoms with Gasteiger partial charge in [-0.2, -0.15) is 0 Å². The van der Waals surface area contributed by atoms with Crippen molar-refractivity contribution in [2.45, 2.75) is 43.6 Å². The number of hydrogen-bond donors (Lipinski definition) is 1. The van der Waals surface area contributed by atoms with Gasteiger partial charge in [0.05, 0.1) is 36.9 Å². The van der Waals surface area contributed by atoms with Gasteiger partial charge in [0.2, 0.25) is 5.91 Å². The highest BCUT2D eigenvalue weighted by atomic mass is 32.2. The molecule has 4 rings (SSSR count). The van der Waals surface area contributed by atoms with Crippen LogP contribution in [-0.2, 0) is 16.1 Å². The molecule has 0 saturated carbocycles. The van der Waals surface area contributed by atoms with E-state index >= 15 is 0 Å². The van der Waals surface area contributed by atoms with Crippen molar-refractivity contribution < 1.29 is 14.3 Å². The molecule has 1 aromatic carbocycles. The van der Waals surface area contributed by atoms with Crippen molar-refractivity contribution in [2.24, 2.45) is 0 Å². The lowest BCUT2D eigenvalue weighted by Gasteiger charge is -2.18. The van der Waals surface area contributed by atoms with Crippen LogP contribution >= 0.6 is 11.8 Å². The van der Waals surface area contributed by atoms with E-state index in [2.05, 4.69) is 15.3 Å². The molecule has 1 fully saturated rings. The molecule has 32 heavy (non-hydrogen) atoms. The van der Waals surface area contributed by atoms with Crippen LogP contribution in [0.4, 0.5) is 0 Å². The maximum absolute atomic E-state index is 13.1. The fourth-order valence-electron chi connectivity index (χ4n) is 3.81. The summed E-state index contributed by atoms with van der Waals surface area (Å²) in [6.07, 6.45) is 3.46. The van der Waals surface area contributed by atoms with E-state index in [0.29, 0.717) is 29.3 Å². The van der Waals surface area contributed by atoms with Crippen LogP contribution in [-0.4, -0.2) is 46.0 Å². The number of ether oxygens (including phenoxy) is 2. The zero-order valence-corrected chi connectivity index (χ0v) is 18.9. The Kier molecular flexibility index (Phi) is 7.06. The van der Waals surface area contributed by atoms with Crippen molar-refractivity contribution in [2.75, 3.05) is 19.5 Å². The Morgan fingerprint density at radius 3 is 2.97 bits per heavy atom. The third-order valence-corrected chi connectivity index (χ3v) is 6.40. The Balaban J connectivity index is 1.51. The van der Waals surface area contributed by atoms with Gasteiger partial charge in [0.1, 0.15) is 5.75 Å². The van der Waals surface area contributed by atoms with Gasteiger partial charge in [-0.25, -0.2) is 9.97 Å². The number of methoxy groups -OCH3 is 1. The first-order valence-corrected chi connectivity index (χ1v) is 11.6. The third kappa shape index (κ3) is 4.94. The fraction of sp³-hybridized carbons (Fsp3) is 0.391. The number of hydrogen-bond acceptors (Lipinski definition) is 7. The Hall–Kier alpha value is -2.91. The van der Waals surface area contributed by atoms with Gasteiger partial charge in [-0.3, -0.25) is 14.2 Å². The number of para-hydroxylation sites is 1. The van der Waals surface area contributed by atoms with Crippen molar-refractivity contribution in [1.82, 2.24) is 19.9 Å². The largest absolute Gasteiger partial charge is 0.496 e. The summed E-state index contributed by atoms with van der Waals surface area (Å²) in [6, 6.07) is 10.8. The molecule has 8 nitrogen and oxygen atoms in total. The van der Waals surface area contributed by atoms with Crippen LogP contribution in [0.2, 0.25) is 0 Å². The van der Waals surface area contributed by atoms with Crippen LogP contribution in [0.5, 0.6) is 5.75 Å². The molecule has 0 bridgehead atoms. The summed E-state index contributed by atoms with van der Waals surface area (Å²) in [4.78, 5) is 34.6. The fourth-order valence-corrected chi connectivity index (χ4v) is 4.62. The molecule has 2 aromatic heterocycles. The molecular formula is C23H26N4O4S. The van der Waals surface area contributed by atoms with Gasteiger partial charge in [0.15, 0.2) is 10.8 Å². The predicted molar refractivity (Wildman–Crippen MR) is 123 cm³/mol. The van der Waals surface area contributed by atoms with Crippen LogP contribution in [0, 0.1) is 0 Å². The van der Waals surface area contributed by atoms with E-state index in [0.717, 1.165) is 24.2 Å². The maximum Gasteiger partial charge on any atom is 0.263 e. The van der Waals surface area contributed by atoms with Crippen LogP contribution in [0.3, 0.4) is 0 Å². The molecule has 3 heterocycles. The van der Waals surface area contributed by atoms with E-state index in [4.69, 9.17) is 9.47 Å². The summed E-state index contributed by atoms with van der Waals surface area (Å²) in [5.74, 6) is 0.684. The molecule has 2 atom stereocenters. The SMILES string of the molecule is COc1ccccc1C(C)NC(=O)CSc1nc2ncccc2c(=O)n1CC1CCCO1. The minimum atomic E-state index is -0.223. The summed E-state index contributed by atoms with van der Waals surface area (Å²) < 4.78 is 12.7. The number of nitrogens with zero attached hydrogens (tertiary/aromatic N) is 3. The highest BCUT2D eigenvalue weighted by molar-refractivity contribution is 7.99. The van der Waals surface area contributed by atoms with Crippen LogP contribution in [0.1, 0.15) is 31.4 Å². The molecule has 1 amide bonds. The smallest absolute Gasteiger partial charge is 0.263 e. The first kappa shape index (κ1) is 22.3. The molecule has 1 aliphatic heterocycles. The summed E-state index contributed by atoms with van der Waals surface area (Å²) >= 11 is 1.23. The second-order valence-electron chi connectivity index (χ2n) is 7.64. The number of amides is 1. The standard InChI is InChI=1S/C23H26N4O4S/c1-15(17-8-3-4-10-19(17)30-2)25-20(28)14-32-23-26-21-18(9-5-11-24-21)22(29)27(23)13-16-7-6-12-31-16/h3-5,8-11,15-16H,6-7,12-14H2,1-2H3,(H,25,28). The topological polar surface area (TPSA) is 95.3 Å². The lowest BCUT2D eigenvalue weighted by Crippen LogP contribution is -2.31. The predicted octanol–water partition coefficient (Wildman–Crippen LogP) is 2.95. The van der Waals surface area contributed by atoms with Gasteiger partial charge < -0.3 is 14.8 Å². The highest BCUT2D eigenvalue weighted by Crippen LogP contribution is 2.25. The van der Waals surface area contributed by atoms with Gasteiger partial charge in [-0.15, -0.1) is 0 Å². The van der Waals surface area contributed by atoms with E-state index < -0.39 is 0 Å². The van der Waals surface area contributed by atoms with E-state index in [-0.39, 0.29) is 29.4 Å². The number of thioether (sulfide) groups is 1. The van der Waals surface area contributed by atoms with Gasteiger partial charge in [0, 0.05) is 18.4 Å². The van der Waals surface area contributed by atoms with Gasteiger partial charge in [-0.05, 0) is 38.0 Å². The van der Waals surface area contributed by atoms with Crippen molar-refractivity contribution >= 4 is 28.7 Å². The highest BCUT2D eigenvalue weighted by Gasteiger charge is 2.21. The lowest BCUT2D eigenvalue weighted by molar-refractivity contribution is -0.119. The van der Waals surface area contributed by atoms with E-state index in [9.17, 15) is 9.59 Å². The van der Waals surface area contributed by atoms with Crippen molar-refractivity contribution in [3.8, 4) is 5.75 Å². The molecule has 0 aliphatic carbocycles. The summed E-state index contributed by atoms with van der Waals surface area (Å²) in [5.41, 5.74) is 1.12. The minimum absolute atomic E-state index is 0.0256. The lowest BCUT2D eigenvalue weighted by atomic mass is 10.1. The molecule has 0 spiro atoms. The molecule has 168 valence electrons.